The third-order valence-electron chi connectivity index (χ3n) is 5.43. The average Bonchev–Trinajstić information content (AvgIpc) is 3.14. The molecule has 7 heteroatoms. The number of imidazole rings is 1. The zero-order valence-corrected chi connectivity index (χ0v) is 17.6. The van der Waals surface area contributed by atoms with E-state index < -0.39 is 0 Å². The Kier molecular flexibility index (Phi) is 5.74. The van der Waals surface area contributed by atoms with Gasteiger partial charge in [0.05, 0.1) is 17.3 Å². The predicted octanol–water partition coefficient (Wildman–Crippen LogP) is 3.45. The van der Waals surface area contributed by atoms with Crippen LogP contribution >= 0.6 is 11.6 Å². The number of pyridine rings is 1. The quantitative estimate of drug-likeness (QED) is 0.698. The van der Waals surface area contributed by atoms with Crippen molar-refractivity contribution in [1.82, 2.24) is 19.6 Å². The second kappa shape index (κ2) is 8.43. The van der Waals surface area contributed by atoms with E-state index in [9.17, 15) is 4.79 Å². The lowest BCUT2D eigenvalue weighted by molar-refractivity contribution is 0.0950. The molecule has 1 saturated heterocycles. The number of benzene rings is 1. The molecular formula is C22H26ClN5O. The first-order valence-electron chi connectivity index (χ1n) is 10.00. The molecule has 0 atom stereocenters. The van der Waals surface area contributed by atoms with Crippen LogP contribution in [0.25, 0.3) is 5.65 Å². The summed E-state index contributed by atoms with van der Waals surface area (Å²) in [6, 6.07) is 12.1. The van der Waals surface area contributed by atoms with E-state index in [1.807, 2.05) is 40.9 Å². The fourth-order valence-electron chi connectivity index (χ4n) is 3.70. The van der Waals surface area contributed by atoms with Crippen LogP contribution in [0, 0.1) is 0 Å². The Labute approximate surface area is 176 Å². The fourth-order valence-corrected chi connectivity index (χ4v) is 3.86. The second-order valence-electron chi connectivity index (χ2n) is 7.69. The van der Waals surface area contributed by atoms with Gasteiger partial charge in [-0.15, -0.1) is 0 Å². The SMILES string of the molecule is CC(C)N1CCN(c2ccc(C(=O)NCc3cn4cc(Cl)ccc4n3)cc2)CC1. The van der Waals surface area contributed by atoms with Crippen LogP contribution in [0.15, 0.2) is 48.8 Å². The van der Waals surface area contributed by atoms with Gasteiger partial charge in [0, 0.05) is 55.9 Å². The molecule has 2 aromatic heterocycles. The number of hydrogen-bond acceptors (Lipinski definition) is 4. The van der Waals surface area contributed by atoms with Crippen molar-refractivity contribution < 1.29 is 4.79 Å². The van der Waals surface area contributed by atoms with Crippen molar-refractivity contribution in [3.63, 3.8) is 0 Å². The number of rotatable bonds is 5. The molecule has 3 heterocycles. The first kappa shape index (κ1) is 19.7. The number of hydrogen-bond donors (Lipinski definition) is 1. The number of fused-ring (bicyclic) bond motifs is 1. The van der Waals surface area contributed by atoms with E-state index >= 15 is 0 Å². The van der Waals surface area contributed by atoms with Crippen molar-refractivity contribution in [3.8, 4) is 0 Å². The Morgan fingerprint density at radius 1 is 1.07 bits per heavy atom. The van der Waals surface area contributed by atoms with Crippen molar-refractivity contribution in [2.45, 2.75) is 26.4 Å². The maximum atomic E-state index is 12.5. The largest absolute Gasteiger partial charge is 0.369 e. The van der Waals surface area contributed by atoms with E-state index in [0.29, 0.717) is 23.2 Å². The van der Waals surface area contributed by atoms with Crippen molar-refractivity contribution in [1.29, 1.82) is 0 Å². The molecule has 1 fully saturated rings. The number of amides is 1. The zero-order chi connectivity index (χ0) is 20.4. The molecule has 1 N–H and O–H groups in total. The number of nitrogens with one attached hydrogen (secondary N) is 1. The lowest BCUT2D eigenvalue weighted by Gasteiger charge is -2.38. The highest BCUT2D eigenvalue weighted by molar-refractivity contribution is 6.30. The highest BCUT2D eigenvalue weighted by atomic mass is 35.5. The first-order valence-corrected chi connectivity index (χ1v) is 10.4. The normalized spacial score (nSPS) is 15.2. The lowest BCUT2D eigenvalue weighted by Crippen LogP contribution is -2.48. The third-order valence-corrected chi connectivity index (χ3v) is 5.66. The van der Waals surface area contributed by atoms with E-state index in [2.05, 4.69) is 33.9 Å². The van der Waals surface area contributed by atoms with Crippen LogP contribution in [-0.4, -0.2) is 52.4 Å². The Bertz CT molecular complexity index is 990. The summed E-state index contributed by atoms with van der Waals surface area (Å²) < 4.78 is 1.86. The molecule has 3 aromatic rings. The third kappa shape index (κ3) is 4.54. The number of carbonyl (C=O) groups is 1. The molecule has 0 aliphatic carbocycles. The van der Waals surface area contributed by atoms with Gasteiger partial charge in [-0.1, -0.05) is 11.6 Å². The van der Waals surface area contributed by atoms with Gasteiger partial charge in [-0.25, -0.2) is 4.98 Å². The zero-order valence-electron chi connectivity index (χ0n) is 16.8. The molecule has 152 valence electrons. The van der Waals surface area contributed by atoms with Crippen molar-refractivity contribution in [3.05, 3.63) is 65.1 Å². The summed E-state index contributed by atoms with van der Waals surface area (Å²) in [5.41, 5.74) is 3.42. The number of anilines is 1. The van der Waals surface area contributed by atoms with Gasteiger partial charge in [0.25, 0.3) is 5.91 Å². The second-order valence-corrected chi connectivity index (χ2v) is 8.13. The fraction of sp³-hybridized carbons (Fsp3) is 0.364. The highest BCUT2D eigenvalue weighted by Gasteiger charge is 2.19. The van der Waals surface area contributed by atoms with Crippen molar-refractivity contribution >= 4 is 28.8 Å². The van der Waals surface area contributed by atoms with Gasteiger partial charge < -0.3 is 14.6 Å². The summed E-state index contributed by atoms with van der Waals surface area (Å²) in [6.07, 6.45) is 3.68. The van der Waals surface area contributed by atoms with Crippen molar-refractivity contribution in [2.75, 3.05) is 31.1 Å². The summed E-state index contributed by atoms with van der Waals surface area (Å²) in [5, 5.41) is 3.59. The maximum Gasteiger partial charge on any atom is 0.251 e. The molecule has 0 spiro atoms. The average molecular weight is 412 g/mol. The monoisotopic (exact) mass is 411 g/mol. The molecule has 0 saturated carbocycles. The minimum absolute atomic E-state index is 0.101. The smallest absolute Gasteiger partial charge is 0.251 e. The Morgan fingerprint density at radius 2 is 1.79 bits per heavy atom. The summed E-state index contributed by atoms with van der Waals surface area (Å²) in [5.74, 6) is -0.101. The molecule has 1 aromatic carbocycles. The minimum Gasteiger partial charge on any atom is -0.369 e. The molecule has 29 heavy (non-hydrogen) atoms. The van der Waals surface area contributed by atoms with Crippen LogP contribution < -0.4 is 10.2 Å². The first-order chi connectivity index (χ1) is 14.0. The van der Waals surface area contributed by atoms with Gasteiger partial charge in [-0.05, 0) is 50.2 Å². The van der Waals surface area contributed by atoms with Gasteiger partial charge in [-0.3, -0.25) is 9.69 Å². The topological polar surface area (TPSA) is 52.9 Å². The molecule has 4 rings (SSSR count). The predicted molar refractivity (Wildman–Crippen MR) is 117 cm³/mol. The van der Waals surface area contributed by atoms with Crippen LogP contribution in [-0.2, 0) is 6.54 Å². The van der Waals surface area contributed by atoms with Crippen LogP contribution in [0.4, 0.5) is 5.69 Å². The Balaban J connectivity index is 1.34. The number of nitrogens with zero attached hydrogens (tertiary/aromatic N) is 4. The molecule has 0 bridgehead atoms. The van der Waals surface area contributed by atoms with Crippen molar-refractivity contribution in [2.24, 2.45) is 0 Å². The highest BCUT2D eigenvalue weighted by Crippen LogP contribution is 2.18. The Hall–Kier alpha value is -2.57. The van der Waals surface area contributed by atoms with Gasteiger partial charge >= 0.3 is 0 Å². The van der Waals surface area contributed by atoms with E-state index in [-0.39, 0.29) is 5.91 Å². The van der Waals surface area contributed by atoms with Crippen LogP contribution in [0.2, 0.25) is 5.02 Å². The van der Waals surface area contributed by atoms with Crippen LogP contribution in [0.5, 0.6) is 0 Å². The molecule has 6 nitrogen and oxygen atoms in total. The number of carbonyl (C=O) groups excluding carboxylic acids is 1. The molecule has 1 aliphatic rings. The standard InChI is InChI=1S/C22H26ClN5O/c1-16(2)26-9-11-27(12-10-26)20-6-3-17(4-7-20)22(29)24-13-19-15-28-14-18(23)5-8-21(28)25-19/h3-8,14-16H,9-13H2,1-2H3,(H,24,29). The number of piperazine rings is 1. The summed E-state index contributed by atoms with van der Waals surface area (Å²) in [6.45, 7) is 9.03. The van der Waals surface area contributed by atoms with E-state index in [4.69, 9.17) is 11.6 Å². The van der Waals surface area contributed by atoms with Gasteiger partial charge in [0.1, 0.15) is 5.65 Å². The molecular weight excluding hydrogens is 386 g/mol. The lowest BCUT2D eigenvalue weighted by atomic mass is 10.1. The molecule has 0 radical (unpaired) electrons. The molecule has 0 unspecified atom stereocenters. The van der Waals surface area contributed by atoms with E-state index in [0.717, 1.165) is 37.5 Å². The number of aromatic nitrogens is 2. The van der Waals surface area contributed by atoms with Crippen LogP contribution in [0.1, 0.15) is 29.9 Å². The van der Waals surface area contributed by atoms with E-state index in [1.54, 1.807) is 12.3 Å². The molecule has 1 amide bonds. The van der Waals surface area contributed by atoms with Gasteiger partial charge in [0.2, 0.25) is 0 Å². The summed E-state index contributed by atoms with van der Waals surface area (Å²) >= 11 is 6.00. The van der Waals surface area contributed by atoms with Crippen LogP contribution in [0.3, 0.4) is 0 Å². The minimum atomic E-state index is -0.101. The Morgan fingerprint density at radius 3 is 2.48 bits per heavy atom. The summed E-state index contributed by atoms with van der Waals surface area (Å²) in [7, 11) is 0. The number of halogens is 1. The molecule has 1 aliphatic heterocycles. The van der Waals surface area contributed by atoms with Gasteiger partial charge in [-0.2, -0.15) is 0 Å². The maximum absolute atomic E-state index is 12.5. The van der Waals surface area contributed by atoms with E-state index in [1.165, 1.54) is 5.69 Å². The summed E-state index contributed by atoms with van der Waals surface area (Å²) in [4.78, 5) is 21.9. The van der Waals surface area contributed by atoms with Gasteiger partial charge in [0.15, 0.2) is 0 Å².